The van der Waals surface area contributed by atoms with Crippen LogP contribution in [0.3, 0.4) is 0 Å². The molecule has 6 nitrogen and oxygen atoms in total. The lowest BCUT2D eigenvalue weighted by molar-refractivity contribution is 0.299. The lowest BCUT2D eigenvalue weighted by Gasteiger charge is -2.24. The van der Waals surface area contributed by atoms with Crippen LogP contribution < -0.4 is 4.90 Å². The number of hydrogen-bond donors (Lipinski definition) is 0. The van der Waals surface area contributed by atoms with Gasteiger partial charge in [-0.3, -0.25) is 9.89 Å². The summed E-state index contributed by atoms with van der Waals surface area (Å²) < 4.78 is 26.4. The van der Waals surface area contributed by atoms with Crippen molar-refractivity contribution in [3.05, 3.63) is 71.7 Å². The van der Waals surface area contributed by atoms with Gasteiger partial charge < -0.3 is 9.80 Å². The van der Waals surface area contributed by atoms with Crippen LogP contribution in [-0.2, 0) is 0 Å². The van der Waals surface area contributed by atoms with Gasteiger partial charge >= 0.3 is 0 Å². The third kappa shape index (κ3) is 9.56. The van der Waals surface area contributed by atoms with Crippen LogP contribution in [0.1, 0.15) is 39.2 Å². The normalized spacial score (nSPS) is 14.6. The number of aliphatic imine (C=N–C) groups is 2. The third-order valence-electron chi connectivity index (χ3n) is 5.66. The number of rotatable bonds is 9. The molecule has 2 aromatic rings. The molecule has 1 aromatic heterocycles. The first-order valence-corrected chi connectivity index (χ1v) is 12.2. The number of halogens is 2. The highest BCUT2D eigenvalue weighted by Gasteiger charge is 2.19. The predicted molar refractivity (Wildman–Crippen MR) is 142 cm³/mol. The molecule has 0 bridgehead atoms. The van der Waals surface area contributed by atoms with Crippen molar-refractivity contribution in [3.63, 3.8) is 0 Å². The fourth-order valence-corrected chi connectivity index (χ4v) is 3.80. The molecule has 1 aromatic carbocycles. The maximum Gasteiger partial charge on any atom is 0.165 e. The van der Waals surface area contributed by atoms with Gasteiger partial charge in [-0.25, -0.2) is 18.8 Å². The van der Waals surface area contributed by atoms with Crippen molar-refractivity contribution >= 4 is 18.7 Å². The van der Waals surface area contributed by atoms with Crippen molar-refractivity contribution in [2.45, 2.75) is 33.6 Å². The highest BCUT2D eigenvalue weighted by molar-refractivity contribution is 5.79. The van der Waals surface area contributed by atoms with Gasteiger partial charge in [0.25, 0.3) is 0 Å². The van der Waals surface area contributed by atoms with Crippen LogP contribution in [0.15, 0.2) is 64.5 Å². The van der Waals surface area contributed by atoms with Gasteiger partial charge in [0.05, 0.1) is 6.67 Å². The second kappa shape index (κ2) is 15.7. The molecule has 0 aliphatic carbocycles. The molecule has 0 amide bonds. The van der Waals surface area contributed by atoms with Gasteiger partial charge in [0, 0.05) is 38.6 Å². The largest absolute Gasteiger partial charge is 0.355 e. The van der Waals surface area contributed by atoms with Crippen molar-refractivity contribution in [1.29, 1.82) is 0 Å². The van der Waals surface area contributed by atoms with Gasteiger partial charge in [-0.15, -0.1) is 0 Å². The molecule has 8 heteroatoms. The topological polar surface area (TPSA) is 47.3 Å². The molecular formula is C27H38F2N6. The minimum atomic E-state index is -0.260. The average Bonchev–Trinajstić information content (AvgIpc) is 3.12. The summed E-state index contributed by atoms with van der Waals surface area (Å²) in [4.78, 5) is 18.9. The Bertz CT molecular complexity index is 945. The van der Waals surface area contributed by atoms with Gasteiger partial charge in [0.2, 0.25) is 0 Å². The Kier molecular flexibility index (Phi) is 12.6. The Labute approximate surface area is 208 Å². The van der Waals surface area contributed by atoms with E-state index in [0.717, 1.165) is 63.5 Å². The number of anilines is 1. The number of nitrogens with zero attached hydrogens (tertiary/aromatic N) is 6. The van der Waals surface area contributed by atoms with Gasteiger partial charge in [-0.05, 0) is 75.5 Å². The van der Waals surface area contributed by atoms with Crippen molar-refractivity contribution in [1.82, 2.24) is 14.8 Å². The lowest BCUT2D eigenvalue weighted by Crippen LogP contribution is -2.31. The van der Waals surface area contributed by atoms with Crippen molar-refractivity contribution in [3.8, 4) is 0 Å². The Morgan fingerprint density at radius 3 is 2.51 bits per heavy atom. The highest BCUT2D eigenvalue weighted by Crippen LogP contribution is 2.18. The number of pyridine rings is 1. The van der Waals surface area contributed by atoms with Crippen LogP contribution in [0.4, 0.5) is 14.6 Å². The summed E-state index contributed by atoms with van der Waals surface area (Å²) in [6.07, 6.45) is 7.45. The summed E-state index contributed by atoms with van der Waals surface area (Å²) in [5, 5.41) is 0. The standard InChI is InChI=1S/C14H19FN4.C13H19FN2/c1-3-13(16-2)18-8-5-9-19(11-10-18)14-12(15)6-4-7-17-14;1-3-9-16(4-2)11-15-10-12-5-7-13(14)8-6-12/h3-4,6-7H,2,5,8-11H2,1H3;5-8,10H,3-4,9,11H2,1-2H3/b13-3+;15-10+. The molecule has 0 radical (unpaired) electrons. The lowest BCUT2D eigenvalue weighted by atomic mass is 10.2. The average molecular weight is 485 g/mol. The highest BCUT2D eigenvalue weighted by atomic mass is 19.1. The molecule has 2 heterocycles. The molecule has 0 spiro atoms. The fraction of sp³-hybridized carbons (Fsp3) is 0.444. The summed E-state index contributed by atoms with van der Waals surface area (Å²) in [6.45, 7) is 15.9. The molecule has 190 valence electrons. The first kappa shape index (κ1) is 28.1. The summed E-state index contributed by atoms with van der Waals surface area (Å²) in [5.41, 5.74) is 0.939. The Balaban J connectivity index is 0.000000251. The first-order chi connectivity index (χ1) is 17.0. The summed E-state index contributed by atoms with van der Waals surface area (Å²) >= 11 is 0. The van der Waals surface area contributed by atoms with Crippen LogP contribution in [-0.4, -0.2) is 73.7 Å². The van der Waals surface area contributed by atoms with Crippen LogP contribution >= 0.6 is 0 Å². The molecule has 1 saturated heterocycles. The van der Waals surface area contributed by atoms with E-state index in [1.807, 2.05) is 17.9 Å². The second-order valence-electron chi connectivity index (χ2n) is 8.16. The zero-order chi connectivity index (χ0) is 25.5. The van der Waals surface area contributed by atoms with E-state index in [1.165, 1.54) is 18.2 Å². The van der Waals surface area contributed by atoms with Crippen molar-refractivity contribution < 1.29 is 8.78 Å². The Morgan fingerprint density at radius 1 is 1.11 bits per heavy atom. The molecule has 3 rings (SSSR count). The summed E-state index contributed by atoms with van der Waals surface area (Å²) in [5.74, 6) is 0.864. The van der Waals surface area contributed by atoms with E-state index in [-0.39, 0.29) is 11.6 Å². The van der Waals surface area contributed by atoms with Crippen LogP contribution in [0.25, 0.3) is 0 Å². The molecule has 35 heavy (non-hydrogen) atoms. The third-order valence-corrected chi connectivity index (χ3v) is 5.66. The van der Waals surface area contributed by atoms with Gasteiger partial charge in [-0.2, -0.15) is 0 Å². The SMILES string of the molecule is C=N/C(=C\C)N1CCCN(c2ncccc2F)CC1.CCCN(CC)C/N=C/c1ccc(F)cc1. The fourth-order valence-electron chi connectivity index (χ4n) is 3.80. The van der Waals surface area contributed by atoms with Crippen LogP contribution in [0.5, 0.6) is 0 Å². The number of allylic oxidation sites excluding steroid dienone is 1. The Hall–Kier alpha value is -3.13. The molecule has 1 aliphatic rings. The smallest absolute Gasteiger partial charge is 0.165 e. The van der Waals surface area contributed by atoms with Gasteiger partial charge in [0.1, 0.15) is 11.6 Å². The molecule has 0 atom stereocenters. The Morgan fingerprint density at radius 2 is 1.89 bits per heavy atom. The van der Waals surface area contributed by atoms with E-state index in [0.29, 0.717) is 12.5 Å². The summed E-state index contributed by atoms with van der Waals surface area (Å²) in [6, 6.07) is 9.43. The minimum absolute atomic E-state index is 0.210. The molecule has 1 fully saturated rings. The molecule has 1 aliphatic heterocycles. The molecular weight excluding hydrogens is 446 g/mol. The van der Waals surface area contributed by atoms with Gasteiger partial charge in [-0.1, -0.05) is 26.0 Å². The van der Waals surface area contributed by atoms with E-state index < -0.39 is 0 Å². The molecule has 0 unspecified atom stereocenters. The predicted octanol–water partition coefficient (Wildman–Crippen LogP) is 5.23. The van der Waals surface area contributed by atoms with E-state index in [1.54, 1.807) is 30.6 Å². The maximum absolute atomic E-state index is 13.7. The quantitative estimate of drug-likeness (QED) is 0.458. The molecule has 0 N–H and O–H groups in total. The van der Waals surface area contributed by atoms with Crippen molar-refractivity contribution in [2.75, 3.05) is 50.8 Å². The molecule has 0 saturated carbocycles. The monoisotopic (exact) mass is 484 g/mol. The van der Waals surface area contributed by atoms with Crippen LogP contribution in [0.2, 0.25) is 0 Å². The van der Waals surface area contributed by atoms with E-state index in [2.05, 4.69) is 45.3 Å². The van der Waals surface area contributed by atoms with Crippen molar-refractivity contribution in [2.24, 2.45) is 9.98 Å². The maximum atomic E-state index is 13.7. The second-order valence-corrected chi connectivity index (χ2v) is 8.16. The first-order valence-electron chi connectivity index (χ1n) is 12.2. The number of aromatic nitrogens is 1. The van der Waals surface area contributed by atoms with E-state index in [9.17, 15) is 8.78 Å². The minimum Gasteiger partial charge on any atom is -0.355 e. The van der Waals surface area contributed by atoms with Crippen LogP contribution in [0, 0.1) is 11.6 Å². The number of benzene rings is 1. The van der Waals surface area contributed by atoms with E-state index in [4.69, 9.17) is 0 Å². The summed E-state index contributed by atoms with van der Waals surface area (Å²) in [7, 11) is 0. The van der Waals surface area contributed by atoms with E-state index >= 15 is 0 Å². The zero-order valence-corrected chi connectivity index (χ0v) is 21.2. The van der Waals surface area contributed by atoms with Gasteiger partial charge in [0.15, 0.2) is 11.6 Å². The zero-order valence-electron chi connectivity index (χ0n) is 21.2. The number of hydrogen-bond acceptors (Lipinski definition) is 6.